The minimum atomic E-state index is 0.00197. The highest BCUT2D eigenvalue weighted by atomic mass is 32.2. The maximum Gasteiger partial charge on any atom is 0.272 e. The van der Waals surface area contributed by atoms with Crippen LogP contribution in [0.15, 0.2) is 58.3 Å². The molecular formula is C17H16N2O2S2. The standard InChI is InChI=1S/C17H16N2O2S2/c1-3-9-19-16(20)15-14(8-10-22-15)18-17(19)23-11-12-4-6-13(21-2)7-5-12/h3-8,10H,1,9,11H2,2H3. The lowest BCUT2D eigenvalue weighted by molar-refractivity contribution is 0.414. The summed E-state index contributed by atoms with van der Waals surface area (Å²) >= 11 is 2.98. The van der Waals surface area contributed by atoms with Crippen LogP contribution >= 0.6 is 23.1 Å². The highest BCUT2D eigenvalue weighted by Crippen LogP contribution is 2.24. The Morgan fingerprint density at radius 2 is 2.13 bits per heavy atom. The molecule has 0 aliphatic heterocycles. The van der Waals surface area contributed by atoms with Crippen molar-refractivity contribution < 1.29 is 4.74 Å². The molecule has 0 aliphatic carbocycles. The van der Waals surface area contributed by atoms with Crippen LogP contribution in [0.2, 0.25) is 0 Å². The zero-order valence-corrected chi connectivity index (χ0v) is 14.3. The van der Waals surface area contributed by atoms with E-state index in [0.717, 1.165) is 27.7 Å². The smallest absolute Gasteiger partial charge is 0.272 e. The predicted octanol–water partition coefficient (Wildman–Crippen LogP) is 3.94. The van der Waals surface area contributed by atoms with Crippen LogP contribution in [-0.4, -0.2) is 16.7 Å². The van der Waals surface area contributed by atoms with Gasteiger partial charge in [-0.2, -0.15) is 0 Å². The zero-order valence-electron chi connectivity index (χ0n) is 12.7. The second-order valence-corrected chi connectivity index (χ2v) is 6.73. The van der Waals surface area contributed by atoms with Crippen LogP contribution in [0.4, 0.5) is 0 Å². The van der Waals surface area contributed by atoms with E-state index in [2.05, 4.69) is 11.6 Å². The van der Waals surface area contributed by atoms with Gasteiger partial charge in [0.15, 0.2) is 5.16 Å². The van der Waals surface area contributed by atoms with Gasteiger partial charge >= 0.3 is 0 Å². The fourth-order valence-electron chi connectivity index (χ4n) is 2.19. The van der Waals surface area contributed by atoms with E-state index in [1.807, 2.05) is 35.7 Å². The Labute approximate surface area is 142 Å². The van der Waals surface area contributed by atoms with Crippen molar-refractivity contribution in [3.8, 4) is 5.75 Å². The van der Waals surface area contributed by atoms with Crippen LogP contribution in [-0.2, 0) is 12.3 Å². The summed E-state index contributed by atoms with van der Waals surface area (Å²) in [6.45, 7) is 4.20. The van der Waals surface area contributed by atoms with E-state index >= 15 is 0 Å². The van der Waals surface area contributed by atoms with Crippen molar-refractivity contribution in [2.24, 2.45) is 0 Å². The number of fused-ring (bicyclic) bond motifs is 1. The molecule has 0 amide bonds. The average Bonchev–Trinajstić information content (AvgIpc) is 3.05. The minimum Gasteiger partial charge on any atom is -0.497 e. The molecule has 1 aromatic carbocycles. The molecule has 0 saturated heterocycles. The van der Waals surface area contributed by atoms with Crippen LogP contribution < -0.4 is 10.3 Å². The van der Waals surface area contributed by atoms with Crippen molar-refractivity contribution in [3.63, 3.8) is 0 Å². The number of ether oxygens (including phenoxy) is 1. The van der Waals surface area contributed by atoms with Gasteiger partial charge in [-0.15, -0.1) is 17.9 Å². The molecule has 4 nitrogen and oxygen atoms in total. The van der Waals surface area contributed by atoms with Gasteiger partial charge in [0.1, 0.15) is 10.4 Å². The zero-order chi connectivity index (χ0) is 16.2. The number of hydrogen-bond donors (Lipinski definition) is 0. The molecule has 0 N–H and O–H groups in total. The SMILES string of the molecule is C=CCn1c(SCc2ccc(OC)cc2)nc2ccsc2c1=O. The summed E-state index contributed by atoms with van der Waals surface area (Å²) in [6.07, 6.45) is 1.72. The number of benzene rings is 1. The van der Waals surface area contributed by atoms with Crippen molar-refractivity contribution in [2.45, 2.75) is 17.5 Å². The minimum absolute atomic E-state index is 0.00197. The van der Waals surface area contributed by atoms with Crippen molar-refractivity contribution in [1.82, 2.24) is 9.55 Å². The molecule has 0 saturated carbocycles. The Bertz CT molecular complexity index is 882. The Hall–Kier alpha value is -2.05. The molecule has 2 heterocycles. The largest absolute Gasteiger partial charge is 0.497 e. The number of thioether (sulfide) groups is 1. The summed E-state index contributed by atoms with van der Waals surface area (Å²) in [5.41, 5.74) is 1.92. The number of allylic oxidation sites excluding steroid dienone is 1. The number of methoxy groups -OCH3 is 1. The molecule has 0 bridgehead atoms. The van der Waals surface area contributed by atoms with Crippen LogP contribution in [0, 0.1) is 0 Å². The molecule has 0 aliphatic rings. The van der Waals surface area contributed by atoms with Gasteiger partial charge in [-0.05, 0) is 29.1 Å². The Morgan fingerprint density at radius 3 is 2.83 bits per heavy atom. The number of hydrogen-bond acceptors (Lipinski definition) is 5. The first-order valence-electron chi connectivity index (χ1n) is 7.07. The van der Waals surface area contributed by atoms with Crippen LogP contribution in [0.3, 0.4) is 0 Å². The molecular weight excluding hydrogens is 328 g/mol. The molecule has 0 unspecified atom stereocenters. The van der Waals surface area contributed by atoms with E-state index in [1.54, 1.807) is 29.5 Å². The Balaban J connectivity index is 1.89. The van der Waals surface area contributed by atoms with E-state index in [0.29, 0.717) is 11.2 Å². The first-order chi connectivity index (χ1) is 11.2. The molecule has 0 atom stereocenters. The topological polar surface area (TPSA) is 44.1 Å². The molecule has 118 valence electrons. The molecule has 0 fully saturated rings. The van der Waals surface area contributed by atoms with E-state index in [-0.39, 0.29) is 5.56 Å². The van der Waals surface area contributed by atoms with Gasteiger partial charge in [0.25, 0.3) is 5.56 Å². The maximum absolute atomic E-state index is 12.6. The summed E-state index contributed by atoms with van der Waals surface area (Å²) in [7, 11) is 1.65. The van der Waals surface area contributed by atoms with Crippen molar-refractivity contribution >= 4 is 33.3 Å². The number of nitrogens with zero attached hydrogens (tertiary/aromatic N) is 2. The van der Waals surface area contributed by atoms with E-state index in [4.69, 9.17) is 4.74 Å². The quantitative estimate of drug-likeness (QED) is 0.386. The molecule has 3 aromatic rings. The van der Waals surface area contributed by atoms with Crippen molar-refractivity contribution in [2.75, 3.05) is 7.11 Å². The van der Waals surface area contributed by atoms with Crippen LogP contribution in [0.5, 0.6) is 5.75 Å². The van der Waals surface area contributed by atoms with Gasteiger partial charge in [0.2, 0.25) is 0 Å². The normalized spacial score (nSPS) is 10.8. The maximum atomic E-state index is 12.6. The van der Waals surface area contributed by atoms with Gasteiger partial charge in [-0.1, -0.05) is 30.0 Å². The monoisotopic (exact) mass is 344 g/mol. The van der Waals surface area contributed by atoms with Crippen molar-refractivity contribution in [1.29, 1.82) is 0 Å². The molecule has 6 heteroatoms. The van der Waals surface area contributed by atoms with E-state index in [1.165, 1.54) is 11.3 Å². The lowest BCUT2D eigenvalue weighted by Crippen LogP contribution is -2.21. The number of aromatic nitrogens is 2. The summed E-state index contributed by atoms with van der Waals surface area (Å²) in [5.74, 6) is 1.57. The fourth-order valence-corrected chi connectivity index (χ4v) is 3.94. The molecule has 0 radical (unpaired) electrons. The lowest BCUT2D eigenvalue weighted by Gasteiger charge is -2.10. The van der Waals surface area contributed by atoms with Gasteiger partial charge in [-0.25, -0.2) is 4.98 Å². The summed E-state index contributed by atoms with van der Waals surface area (Å²) in [6, 6.07) is 9.79. The molecule has 0 spiro atoms. The second kappa shape index (κ2) is 7.02. The highest BCUT2D eigenvalue weighted by Gasteiger charge is 2.11. The fraction of sp³-hybridized carbons (Fsp3) is 0.176. The third-order valence-corrected chi connectivity index (χ3v) is 5.31. The summed E-state index contributed by atoms with van der Waals surface area (Å²) < 4.78 is 7.54. The van der Waals surface area contributed by atoms with Gasteiger partial charge in [-0.3, -0.25) is 9.36 Å². The summed E-state index contributed by atoms with van der Waals surface area (Å²) in [5, 5.41) is 2.62. The van der Waals surface area contributed by atoms with E-state index in [9.17, 15) is 4.79 Å². The number of thiophene rings is 1. The average molecular weight is 344 g/mol. The first kappa shape index (κ1) is 15.8. The molecule has 2 aromatic heterocycles. The third-order valence-electron chi connectivity index (χ3n) is 3.37. The van der Waals surface area contributed by atoms with E-state index < -0.39 is 0 Å². The van der Waals surface area contributed by atoms with Gasteiger partial charge < -0.3 is 4.74 Å². The lowest BCUT2D eigenvalue weighted by atomic mass is 10.2. The second-order valence-electron chi connectivity index (χ2n) is 4.87. The Morgan fingerprint density at radius 1 is 1.35 bits per heavy atom. The summed E-state index contributed by atoms with van der Waals surface area (Å²) in [4.78, 5) is 17.2. The molecule has 3 rings (SSSR count). The van der Waals surface area contributed by atoms with Crippen LogP contribution in [0.1, 0.15) is 5.56 Å². The van der Waals surface area contributed by atoms with Crippen LogP contribution in [0.25, 0.3) is 10.2 Å². The third kappa shape index (κ3) is 3.33. The molecule has 23 heavy (non-hydrogen) atoms. The first-order valence-corrected chi connectivity index (χ1v) is 8.94. The highest BCUT2D eigenvalue weighted by molar-refractivity contribution is 7.98. The number of rotatable bonds is 6. The van der Waals surface area contributed by atoms with Crippen molar-refractivity contribution in [3.05, 3.63) is 64.3 Å². The van der Waals surface area contributed by atoms with Gasteiger partial charge in [0, 0.05) is 12.3 Å². The predicted molar refractivity (Wildman–Crippen MR) is 96.6 cm³/mol. The van der Waals surface area contributed by atoms with Gasteiger partial charge in [0.05, 0.1) is 12.6 Å². The Kier molecular flexibility index (Phi) is 4.83.